The lowest BCUT2D eigenvalue weighted by Gasteiger charge is -2.35. The number of hydrogen-bond donors (Lipinski definition) is 3. The fourth-order valence-corrected chi connectivity index (χ4v) is 6.04. The molecule has 3 aliphatic rings. The molecule has 4 amide bonds. The number of carbonyl (C=O) groups excluding carboxylic acids is 5. The smallest absolute Gasteiger partial charge is 0.408 e. The number of primary amides is 1. The van der Waals surface area contributed by atoms with Crippen molar-refractivity contribution in [3.8, 4) is 0 Å². The number of hydrogen-bond acceptors (Lipinski definition) is 6. The summed E-state index contributed by atoms with van der Waals surface area (Å²) in [5.41, 5.74) is 4.58. The molecule has 0 bridgehead atoms. The Hall–Kier alpha value is -2.65. The first-order valence-corrected chi connectivity index (χ1v) is 14.7. The van der Waals surface area contributed by atoms with Gasteiger partial charge in [-0.1, -0.05) is 52.4 Å². The quantitative estimate of drug-likeness (QED) is 0.357. The van der Waals surface area contributed by atoms with Gasteiger partial charge in [0.2, 0.25) is 17.6 Å². The average molecular weight is 549 g/mol. The van der Waals surface area contributed by atoms with Gasteiger partial charge in [0.05, 0.1) is 6.04 Å². The van der Waals surface area contributed by atoms with E-state index in [0.717, 1.165) is 51.4 Å². The van der Waals surface area contributed by atoms with Crippen molar-refractivity contribution in [2.24, 2.45) is 29.4 Å². The molecule has 4 N–H and O–H groups in total. The molecule has 4 atom stereocenters. The lowest BCUT2D eigenvalue weighted by molar-refractivity contribution is -0.143. The zero-order valence-corrected chi connectivity index (χ0v) is 24.3. The minimum Gasteiger partial charge on any atom is -0.444 e. The Morgan fingerprint density at radius 1 is 0.923 bits per heavy atom. The van der Waals surface area contributed by atoms with Crippen molar-refractivity contribution in [1.29, 1.82) is 0 Å². The summed E-state index contributed by atoms with van der Waals surface area (Å²) in [7, 11) is 0. The first-order valence-electron chi connectivity index (χ1n) is 14.7. The van der Waals surface area contributed by atoms with Gasteiger partial charge in [-0.15, -0.1) is 0 Å². The molecular formula is C29H48N4O6. The second-order valence-electron chi connectivity index (χ2n) is 13.1. The number of nitrogens with zero attached hydrogens (tertiary/aromatic N) is 1. The van der Waals surface area contributed by atoms with Gasteiger partial charge < -0.3 is 26.0 Å². The number of likely N-dealkylation sites (tertiary alicyclic amines) is 1. The third kappa shape index (κ3) is 8.42. The molecule has 10 heteroatoms. The summed E-state index contributed by atoms with van der Waals surface area (Å²) in [6.07, 6.45) is 7.76. The molecule has 3 fully saturated rings. The van der Waals surface area contributed by atoms with Crippen LogP contribution in [-0.4, -0.2) is 64.8 Å². The first kappa shape index (κ1) is 30.9. The Morgan fingerprint density at radius 2 is 1.56 bits per heavy atom. The number of carbonyl (C=O) groups is 5. The van der Waals surface area contributed by atoms with Crippen LogP contribution in [0.4, 0.5) is 4.79 Å². The van der Waals surface area contributed by atoms with Crippen LogP contribution in [0.5, 0.6) is 0 Å². The number of ketones is 1. The Labute approximate surface area is 232 Å². The molecule has 1 aliphatic heterocycles. The third-order valence-electron chi connectivity index (χ3n) is 8.59. The van der Waals surface area contributed by atoms with Gasteiger partial charge in [0.25, 0.3) is 5.91 Å². The van der Waals surface area contributed by atoms with Crippen molar-refractivity contribution in [3.05, 3.63) is 0 Å². The molecule has 2 saturated carbocycles. The van der Waals surface area contributed by atoms with Crippen LogP contribution < -0.4 is 16.4 Å². The summed E-state index contributed by atoms with van der Waals surface area (Å²) in [4.78, 5) is 66.4. The fourth-order valence-electron chi connectivity index (χ4n) is 6.04. The van der Waals surface area contributed by atoms with Gasteiger partial charge in [-0.2, -0.15) is 0 Å². The van der Waals surface area contributed by atoms with Gasteiger partial charge in [0, 0.05) is 6.54 Å². The minimum atomic E-state index is -1.07. The van der Waals surface area contributed by atoms with Crippen LogP contribution in [0.1, 0.15) is 98.8 Å². The number of nitrogens with one attached hydrogen (secondary N) is 2. The van der Waals surface area contributed by atoms with E-state index in [9.17, 15) is 24.0 Å². The standard InChI is InChI=1S/C29H48N4O6/c1-17(2)20-15-22(26(36)31-21(24(34)25(30)35)14-18-10-9-11-18)33(16-20)27(37)23(19-12-7-6-8-13-19)32-28(38)39-29(3,4)5/h17-23H,6-16H2,1-5H3,(H2,30,35)(H,31,36)(H,32,38)/t20-,21?,22+,23+/m1/s1. The maximum atomic E-state index is 14.1. The van der Waals surface area contributed by atoms with E-state index in [2.05, 4.69) is 24.5 Å². The zero-order chi connectivity index (χ0) is 28.9. The zero-order valence-electron chi connectivity index (χ0n) is 24.3. The number of rotatable bonds is 10. The minimum absolute atomic E-state index is 0.0524. The molecule has 3 rings (SSSR count). The lowest BCUT2D eigenvalue weighted by Crippen LogP contribution is -2.58. The van der Waals surface area contributed by atoms with Crippen molar-refractivity contribution < 1.29 is 28.7 Å². The molecular weight excluding hydrogens is 500 g/mol. The van der Waals surface area contributed by atoms with E-state index >= 15 is 0 Å². The number of nitrogens with two attached hydrogens (primary N) is 1. The summed E-state index contributed by atoms with van der Waals surface area (Å²) in [6, 6.07) is -2.61. The van der Waals surface area contributed by atoms with E-state index < -0.39 is 47.4 Å². The normalized spacial score (nSPS) is 24.0. The molecule has 0 aromatic heterocycles. The summed E-state index contributed by atoms with van der Waals surface area (Å²) >= 11 is 0. The van der Waals surface area contributed by atoms with E-state index in [1.165, 1.54) is 0 Å². The molecule has 0 aromatic rings. The van der Waals surface area contributed by atoms with Crippen molar-refractivity contribution in [2.45, 2.75) is 123 Å². The van der Waals surface area contributed by atoms with Gasteiger partial charge in [0.1, 0.15) is 17.7 Å². The maximum Gasteiger partial charge on any atom is 0.408 e. The van der Waals surface area contributed by atoms with Crippen LogP contribution in [0, 0.1) is 23.7 Å². The van der Waals surface area contributed by atoms with Crippen LogP contribution in [0.25, 0.3) is 0 Å². The van der Waals surface area contributed by atoms with Gasteiger partial charge in [-0.05, 0) is 70.1 Å². The molecule has 0 spiro atoms. The number of Topliss-reactive ketones (excluding diaryl/α,β-unsaturated/α-hetero) is 1. The molecule has 1 heterocycles. The van der Waals surface area contributed by atoms with Gasteiger partial charge in [-0.25, -0.2) is 4.79 Å². The fraction of sp³-hybridized carbons (Fsp3) is 0.828. The lowest BCUT2D eigenvalue weighted by atomic mass is 9.80. The second-order valence-corrected chi connectivity index (χ2v) is 13.1. The predicted molar refractivity (Wildman–Crippen MR) is 146 cm³/mol. The van der Waals surface area contributed by atoms with Gasteiger partial charge >= 0.3 is 6.09 Å². The summed E-state index contributed by atoms with van der Waals surface area (Å²) < 4.78 is 5.48. The van der Waals surface area contributed by atoms with E-state index in [4.69, 9.17) is 10.5 Å². The van der Waals surface area contributed by atoms with Crippen molar-refractivity contribution in [3.63, 3.8) is 0 Å². The van der Waals surface area contributed by atoms with Crippen LogP contribution in [0.2, 0.25) is 0 Å². The number of amides is 4. The van der Waals surface area contributed by atoms with E-state index in [1.807, 2.05) is 0 Å². The highest BCUT2D eigenvalue weighted by Crippen LogP contribution is 2.34. The molecule has 39 heavy (non-hydrogen) atoms. The Morgan fingerprint density at radius 3 is 2.08 bits per heavy atom. The highest BCUT2D eigenvalue weighted by Gasteiger charge is 2.45. The Balaban J connectivity index is 1.83. The summed E-state index contributed by atoms with van der Waals surface area (Å²) in [6.45, 7) is 9.80. The molecule has 1 unspecified atom stereocenters. The first-order chi connectivity index (χ1) is 18.3. The molecule has 1 saturated heterocycles. The molecule has 2 aliphatic carbocycles. The molecule has 0 aromatic carbocycles. The molecule has 10 nitrogen and oxygen atoms in total. The molecule has 220 valence electrons. The largest absolute Gasteiger partial charge is 0.444 e. The summed E-state index contributed by atoms with van der Waals surface area (Å²) in [5, 5.41) is 5.62. The number of alkyl carbamates (subject to hydrolysis) is 1. The highest BCUT2D eigenvalue weighted by molar-refractivity contribution is 6.37. The van der Waals surface area contributed by atoms with E-state index in [-0.39, 0.29) is 29.6 Å². The van der Waals surface area contributed by atoms with E-state index in [1.54, 1.807) is 25.7 Å². The van der Waals surface area contributed by atoms with Gasteiger partial charge in [-0.3, -0.25) is 19.2 Å². The van der Waals surface area contributed by atoms with Crippen molar-refractivity contribution in [1.82, 2.24) is 15.5 Å². The van der Waals surface area contributed by atoms with Crippen LogP contribution in [0.15, 0.2) is 0 Å². The SMILES string of the molecule is CC(C)[C@@H]1C[C@@H](C(=O)NC(CC2CCC2)C(=O)C(N)=O)N(C(=O)[C@@H](NC(=O)OC(C)(C)C)C2CCCCC2)C1. The maximum absolute atomic E-state index is 14.1. The van der Waals surface area contributed by atoms with Crippen LogP contribution in [-0.2, 0) is 23.9 Å². The number of ether oxygens (including phenoxy) is 1. The Kier molecular flexibility index (Phi) is 10.4. The van der Waals surface area contributed by atoms with Crippen LogP contribution >= 0.6 is 0 Å². The van der Waals surface area contributed by atoms with Crippen LogP contribution in [0.3, 0.4) is 0 Å². The highest BCUT2D eigenvalue weighted by atomic mass is 16.6. The topological polar surface area (TPSA) is 148 Å². The predicted octanol–water partition coefficient (Wildman–Crippen LogP) is 3.06. The molecule has 0 radical (unpaired) electrons. The summed E-state index contributed by atoms with van der Waals surface area (Å²) in [5.74, 6) is -2.12. The average Bonchev–Trinajstić information content (AvgIpc) is 3.28. The monoisotopic (exact) mass is 548 g/mol. The van der Waals surface area contributed by atoms with Crippen molar-refractivity contribution >= 4 is 29.6 Å². The Bertz CT molecular complexity index is 919. The van der Waals surface area contributed by atoms with E-state index in [0.29, 0.717) is 19.4 Å². The third-order valence-corrected chi connectivity index (χ3v) is 8.59. The van der Waals surface area contributed by atoms with Crippen molar-refractivity contribution in [2.75, 3.05) is 6.54 Å². The second kappa shape index (κ2) is 13.1. The van der Waals surface area contributed by atoms with Gasteiger partial charge in [0.15, 0.2) is 0 Å².